The minimum Gasteiger partial charge on any atom is -0.372 e. The number of benzene rings is 1. The minimum absolute atomic E-state index is 0.0381. The van der Waals surface area contributed by atoms with Crippen molar-refractivity contribution >= 4 is 0 Å². The van der Waals surface area contributed by atoms with Gasteiger partial charge >= 0.3 is 0 Å². The predicted octanol–water partition coefficient (Wildman–Crippen LogP) is 3.24. The molecule has 1 aromatic heterocycles. The van der Waals surface area contributed by atoms with Gasteiger partial charge in [-0.25, -0.2) is 4.98 Å². The fourth-order valence-corrected chi connectivity index (χ4v) is 2.52. The second-order valence-corrected chi connectivity index (χ2v) is 5.11. The molecule has 0 aliphatic carbocycles. The van der Waals surface area contributed by atoms with E-state index in [9.17, 15) is 0 Å². The quantitative estimate of drug-likeness (QED) is 0.810. The third-order valence-corrected chi connectivity index (χ3v) is 3.53. The monoisotopic (exact) mass is 287 g/mol. The Morgan fingerprint density at radius 1 is 1.24 bits per heavy atom. The predicted molar refractivity (Wildman–Crippen MR) is 85.1 cm³/mol. The van der Waals surface area contributed by atoms with Gasteiger partial charge in [0.25, 0.3) is 0 Å². The molecule has 0 aliphatic heterocycles. The van der Waals surface area contributed by atoms with Gasteiger partial charge in [0, 0.05) is 26.0 Å². The molecule has 0 saturated carbocycles. The molecule has 21 heavy (non-hydrogen) atoms. The van der Waals surface area contributed by atoms with Crippen LogP contribution in [0, 0.1) is 0 Å². The Balaban J connectivity index is 2.33. The molecule has 2 rings (SSSR count). The molecule has 4 nitrogen and oxygen atoms in total. The summed E-state index contributed by atoms with van der Waals surface area (Å²) in [4.78, 5) is 4.52. The molecule has 2 aromatic rings. The van der Waals surface area contributed by atoms with E-state index in [4.69, 9.17) is 4.74 Å². The summed E-state index contributed by atoms with van der Waals surface area (Å²) in [5, 5.41) is 3.59. The number of rotatable bonds is 8. The van der Waals surface area contributed by atoms with Crippen molar-refractivity contribution in [3.05, 3.63) is 54.1 Å². The highest BCUT2D eigenvalue weighted by Gasteiger charge is 2.27. The number of hydrogen-bond acceptors (Lipinski definition) is 3. The van der Waals surface area contributed by atoms with Gasteiger partial charge in [0.15, 0.2) is 0 Å². The Morgan fingerprint density at radius 3 is 2.57 bits per heavy atom. The molecule has 0 aliphatic rings. The van der Waals surface area contributed by atoms with Gasteiger partial charge in [0.05, 0.1) is 6.04 Å². The Hall–Kier alpha value is -1.65. The smallest absolute Gasteiger partial charge is 0.128 e. The molecule has 114 valence electrons. The molecule has 0 fully saturated rings. The second kappa shape index (κ2) is 7.96. The number of hydrogen-bond donors (Lipinski definition) is 1. The summed E-state index contributed by atoms with van der Waals surface area (Å²) < 4.78 is 8.11. The molecule has 0 spiro atoms. The van der Waals surface area contributed by atoms with Crippen LogP contribution in [-0.2, 0) is 11.8 Å². The van der Waals surface area contributed by atoms with Gasteiger partial charge in [-0.3, -0.25) is 0 Å². The van der Waals surface area contributed by atoms with Crippen LogP contribution in [0.3, 0.4) is 0 Å². The Bertz CT molecular complexity index is 524. The number of aromatic nitrogens is 2. The first kappa shape index (κ1) is 15.7. The van der Waals surface area contributed by atoms with E-state index < -0.39 is 0 Å². The molecule has 1 N–H and O–H groups in total. The fourth-order valence-electron chi connectivity index (χ4n) is 2.52. The van der Waals surface area contributed by atoms with Gasteiger partial charge in [-0.1, -0.05) is 37.3 Å². The first-order valence-electron chi connectivity index (χ1n) is 7.65. The van der Waals surface area contributed by atoms with E-state index in [1.807, 2.05) is 32.4 Å². The first-order valence-corrected chi connectivity index (χ1v) is 7.65. The van der Waals surface area contributed by atoms with Crippen LogP contribution in [0.1, 0.15) is 43.8 Å². The SMILES string of the molecule is CCCNC(c1nccn1C)C(OCC)c1ccccc1. The summed E-state index contributed by atoms with van der Waals surface area (Å²) >= 11 is 0. The molecule has 2 atom stereocenters. The number of nitrogens with one attached hydrogen (secondary N) is 1. The first-order chi connectivity index (χ1) is 10.3. The number of ether oxygens (including phenoxy) is 1. The molecule has 0 amide bonds. The highest BCUT2D eigenvalue weighted by Crippen LogP contribution is 2.31. The van der Waals surface area contributed by atoms with Crippen LogP contribution < -0.4 is 5.32 Å². The standard InChI is InChI=1S/C17H25N3O/c1-4-11-18-15(17-19-12-13-20(17)3)16(21-5-2)14-9-7-6-8-10-14/h6-10,12-13,15-16,18H,4-5,11H2,1-3H3. The molecule has 0 saturated heterocycles. The Labute approximate surface area is 127 Å². The van der Waals surface area contributed by atoms with Crippen LogP contribution in [0.5, 0.6) is 0 Å². The normalized spacial score (nSPS) is 14.0. The lowest BCUT2D eigenvalue weighted by Crippen LogP contribution is -2.31. The molecule has 1 aromatic carbocycles. The van der Waals surface area contributed by atoms with Crippen LogP contribution in [-0.4, -0.2) is 22.7 Å². The zero-order valence-corrected chi connectivity index (χ0v) is 13.1. The Morgan fingerprint density at radius 2 is 2.00 bits per heavy atom. The molecule has 2 unspecified atom stereocenters. The van der Waals surface area contributed by atoms with E-state index in [0.717, 1.165) is 18.8 Å². The van der Waals surface area contributed by atoms with Crippen LogP contribution in [0.25, 0.3) is 0 Å². The van der Waals surface area contributed by atoms with E-state index in [2.05, 4.69) is 46.1 Å². The molecular formula is C17H25N3O. The topological polar surface area (TPSA) is 39.1 Å². The van der Waals surface area contributed by atoms with Gasteiger partial charge in [0.1, 0.15) is 11.9 Å². The summed E-state index contributed by atoms with van der Waals surface area (Å²) in [5.41, 5.74) is 1.18. The third-order valence-electron chi connectivity index (χ3n) is 3.53. The summed E-state index contributed by atoms with van der Waals surface area (Å²) in [7, 11) is 2.02. The lowest BCUT2D eigenvalue weighted by Gasteiger charge is -2.28. The van der Waals surface area contributed by atoms with E-state index in [-0.39, 0.29) is 12.1 Å². The molecule has 1 heterocycles. The van der Waals surface area contributed by atoms with E-state index in [1.54, 1.807) is 0 Å². The zero-order chi connectivity index (χ0) is 15.1. The zero-order valence-electron chi connectivity index (χ0n) is 13.1. The van der Waals surface area contributed by atoms with Gasteiger partial charge in [-0.2, -0.15) is 0 Å². The summed E-state index contributed by atoms with van der Waals surface area (Å²) in [6.07, 6.45) is 4.85. The van der Waals surface area contributed by atoms with E-state index in [0.29, 0.717) is 6.61 Å². The maximum atomic E-state index is 6.05. The van der Waals surface area contributed by atoms with Crippen molar-refractivity contribution in [2.24, 2.45) is 7.05 Å². The second-order valence-electron chi connectivity index (χ2n) is 5.11. The number of nitrogens with zero attached hydrogens (tertiary/aromatic N) is 2. The lowest BCUT2D eigenvalue weighted by molar-refractivity contribution is 0.0297. The Kier molecular flexibility index (Phi) is 5.96. The fraction of sp³-hybridized carbons (Fsp3) is 0.471. The van der Waals surface area contributed by atoms with Crippen molar-refractivity contribution < 1.29 is 4.74 Å². The van der Waals surface area contributed by atoms with Crippen LogP contribution in [0.4, 0.5) is 0 Å². The molecule has 4 heteroatoms. The highest BCUT2D eigenvalue weighted by atomic mass is 16.5. The van der Waals surface area contributed by atoms with Crippen molar-refractivity contribution in [3.8, 4) is 0 Å². The van der Waals surface area contributed by atoms with Crippen molar-refractivity contribution in [2.75, 3.05) is 13.2 Å². The molecular weight excluding hydrogens is 262 g/mol. The largest absolute Gasteiger partial charge is 0.372 e. The molecule has 0 radical (unpaired) electrons. The van der Waals surface area contributed by atoms with Crippen molar-refractivity contribution in [1.82, 2.24) is 14.9 Å². The van der Waals surface area contributed by atoms with Crippen molar-refractivity contribution in [2.45, 2.75) is 32.4 Å². The van der Waals surface area contributed by atoms with Crippen LogP contribution in [0.15, 0.2) is 42.7 Å². The van der Waals surface area contributed by atoms with E-state index >= 15 is 0 Å². The van der Waals surface area contributed by atoms with Gasteiger partial charge in [-0.05, 0) is 25.5 Å². The van der Waals surface area contributed by atoms with Crippen molar-refractivity contribution in [1.29, 1.82) is 0 Å². The number of aryl methyl sites for hydroxylation is 1. The summed E-state index contributed by atoms with van der Waals surface area (Å²) in [5.74, 6) is 1.01. The van der Waals surface area contributed by atoms with E-state index in [1.165, 1.54) is 5.56 Å². The molecule has 0 bridgehead atoms. The van der Waals surface area contributed by atoms with Gasteiger partial charge in [0.2, 0.25) is 0 Å². The van der Waals surface area contributed by atoms with Crippen molar-refractivity contribution in [3.63, 3.8) is 0 Å². The summed E-state index contributed by atoms with van der Waals surface area (Å²) in [6.45, 7) is 5.81. The third kappa shape index (κ3) is 3.93. The lowest BCUT2D eigenvalue weighted by atomic mass is 10.0. The average Bonchev–Trinajstić information content (AvgIpc) is 2.93. The van der Waals surface area contributed by atoms with Crippen LogP contribution in [0.2, 0.25) is 0 Å². The van der Waals surface area contributed by atoms with Gasteiger partial charge in [-0.15, -0.1) is 0 Å². The minimum atomic E-state index is -0.0381. The summed E-state index contributed by atoms with van der Waals surface area (Å²) in [6, 6.07) is 10.4. The number of imidazole rings is 1. The van der Waals surface area contributed by atoms with Crippen LogP contribution >= 0.6 is 0 Å². The van der Waals surface area contributed by atoms with Gasteiger partial charge < -0.3 is 14.6 Å². The maximum Gasteiger partial charge on any atom is 0.128 e. The maximum absolute atomic E-state index is 6.05. The average molecular weight is 287 g/mol. The highest BCUT2D eigenvalue weighted by molar-refractivity contribution is 5.21.